The van der Waals surface area contributed by atoms with E-state index in [9.17, 15) is 15.3 Å². The lowest BCUT2D eigenvalue weighted by atomic mass is 9.41. The van der Waals surface area contributed by atoms with Crippen molar-refractivity contribution in [3.05, 3.63) is 0 Å². The molecule has 0 aromatic carbocycles. The van der Waals surface area contributed by atoms with Crippen molar-refractivity contribution in [3.8, 4) is 0 Å². The van der Waals surface area contributed by atoms with Crippen LogP contribution < -0.4 is 0 Å². The maximum absolute atomic E-state index is 11.5. The highest BCUT2D eigenvalue weighted by molar-refractivity contribution is 6.74. The average Bonchev–Trinajstić information content (AvgIpc) is 1.46. The largest absolute Gasteiger partial charge is 0.411 e. The van der Waals surface area contributed by atoms with Gasteiger partial charge in [-0.15, -0.1) is 0 Å². The van der Waals surface area contributed by atoms with E-state index in [0.717, 1.165) is 113 Å². The molecule has 4 heterocycles. The van der Waals surface area contributed by atoms with Crippen LogP contribution in [0.3, 0.4) is 0 Å². The summed E-state index contributed by atoms with van der Waals surface area (Å²) in [6.07, 6.45) is 26.6. The summed E-state index contributed by atoms with van der Waals surface area (Å²) in [5.74, 6) is 4.34. The lowest BCUT2D eigenvalue weighted by Gasteiger charge is -2.64. The summed E-state index contributed by atoms with van der Waals surface area (Å²) >= 11 is 0. The third-order valence-corrected chi connectivity index (χ3v) is 47.7. The van der Waals surface area contributed by atoms with Gasteiger partial charge in [0.1, 0.15) is 12.2 Å². The molecule has 16 heteroatoms. The molecule has 4 aliphatic heterocycles. The normalized spacial score (nSPS) is 48.8. The second-order valence-corrected chi connectivity index (χ2v) is 52.9. The van der Waals surface area contributed by atoms with E-state index in [1.165, 1.54) is 116 Å². The summed E-state index contributed by atoms with van der Waals surface area (Å²) in [4.78, 5) is 5.31. The minimum absolute atomic E-state index is 0.00589. The lowest BCUT2D eigenvalue weighted by molar-refractivity contribution is -0.252. The Morgan fingerprint density at radius 1 is 0.481 bits per heavy atom. The first-order valence-electron chi connectivity index (χ1n) is 45.4. The number of hydrogen-bond acceptors (Lipinski definition) is 14. The summed E-state index contributed by atoms with van der Waals surface area (Å²) in [5, 5.41) is 33.8. The summed E-state index contributed by atoms with van der Waals surface area (Å²) in [7, 11) is -4.01. The number of fused-ring (bicyclic) bond motifs is 8. The molecular formula is C90H158N2O12Si2. The van der Waals surface area contributed by atoms with Gasteiger partial charge in [0, 0.05) is 55.7 Å². The lowest BCUT2D eigenvalue weighted by Crippen LogP contribution is -2.61. The monoisotopic (exact) mass is 1520 g/mol. The highest BCUT2D eigenvalue weighted by Gasteiger charge is 2.87. The molecule has 0 bridgehead atoms. The molecular weight excluding hydrogens is 1360 g/mol. The van der Waals surface area contributed by atoms with Crippen molar-refractivity contribution in [2.75, 3.05) is 46.0 Å². The number of nitrogens with zero attached hydrogens (tertiary/aromatic N) is 2. The molecule has 16 aliphatic rings. The van der Waals surface area contributed by atoms with Crippen LogP contribution in [0.15, 0.2) is 0 Å². The van der Waals surface area contributed by atoms with Gasteiger partial charge in [-0.2, -0.15) is 0 Å². The first-order chi connectivity index (χ1) is 50.0. The standard InChI is InChI=1S/C46H81NO6Si.C44H77NO6Si/c1-12-49-39(42(8,9)48)32-27-30(5)37-38(51-32)40(53-54(13-2,14-3)15-4)44(11)34-20-19-33-41(6,7)35(52-36-28-47(25-26-50-36)31-17-16-18-31)21-22-45(33)29-46(34,45)24-23-43(37,44)10;1-11-52(12-2,13-3)51-38-36-35(28(4)25-30(49-36)37(46)40(7,8)47)41(9)21-22-44-27-43(44)20-19-33(39(5,6)31(43)17-18-32(44)42(38,41)10)50-34-26-45(23-24-48-34)29-15-14-16-29/h30-40,48H,12-29H2,1-11H3;28-38,46-47H,11-27H2,1-10H3/t30-,32-,33+,34+,35+,36+,37+,38+,39+,40+,43-,44-,45?,46+;28-,30-,31+,32+,33+,34+,35+,36+,37+,38+,41-,42-,43?,44+/m11/s1. The smallest absolute Gasteiger partial charge is 0.192 e. The van der Waals surface area contributed by atoms with Crippen LogP contribution in [0, 0.1) is 101 Å². The molecule has 28 atom stereocenters. The average molecular weight is 1520 g/mol. The molecule has 0 radical (unpaired) electrons. The zero-order valence-corrected chi connectivity index (χ0v) is 73.4. The topological polar surface area (TPSA) is 150 Å². The van der Waals surface area contributed by atoms with Gasteiger partial charge in [-0.05, 0) is 290 Å². The highest BCUT2D eigenvalue weighted by Crippen LogP contribution is 2.92. The molecule has 106 heavy (non-hydrogen) atoms. The molecule has 0 aromatic heterocycles. The Labute approximate surface area is 647 Å². The maximum Gasteiger partial charge on any atom is 0.192 e. The van der Waals surface area contributed by atoms with Gasteiger partial charge in [-0.1, -0.05) is 124 Å². The van der Waals surface area contributed by atoms with Gasteiger partial charge in [-0.25, -0.2) is 0 Å². The van der Waals surface area contributed by atoms with Crippen molar-refractivity contribution in [2.24, 2.45) is 101 Å². The summed E-state index contributed by atoms with van der Waals surface area (Å²) in [6.45, 7) is 55.7. The second kappa shape index (κ2) is 28.3. The molecule has 4 spiro atoms. The minimum Gasteiger partial charge on any atom is -0.411 e. The zero-order chi connectivity index (χ0) is 76.0. The van der Waals surface area contributed by atoms with Crippen LogP contribution in [0.5, 0.6) is 0 Å². The van der Waals surface area contributed by atoms with Crippen LogP contribution in [0.25, 0.3) is 0 Å². The van der Waals surface area contributed by atoms with E-state index in [1.54, 1.807) is 13.8 Å². The quantitative estimate of drug-likeness (QED) is 0.0882. The Morgan fingerprint density at radius 3 is 1.22 bits per heavy atom. The third-order valence-electron chi connectivity index (χ3n) is 38.5. The van der Waals surface area contributed by atoms with Crippen LogP contribution >= 0.6 is 0 Å². The molecule has 12 aliphatic carbocycles. The van der Waals surface area contributed by atoms with Crippen LogP contribution in [0.4, 0.5) is 0 Å². The predicted molar refractivity (Wildman–Crippen MR) is 426 cm³/mol. The maximum atomic E-state index is 11.5. The van der Waals surface area contributed by atoms with Crippen molar-refractivity contribution in [1.29, 1.82) is 0 Å². The van der Waals surface area contributed by atoms with Gasteiger partial charge in [-0.3, -0.25) is 9.80 Å². The molecule has 0 amide bonds. The first kappa shape index (κ1) is 81.0. The number of ether oxygens (including phenoxy) is 7. The minimum atomic E-state index is -2.01. The van der Waals surface area contributed by atoms with Crippen LogP contribution in [-0.4, -0.2) is 185 Å². The van der Waals surface area contributed by atoms with Crippen LogP contribution in [-0.2, 0) is 42.0 Å². The van der Waals surface area contributed by atoms with Crippen LogP contribution in [0.2, 0.25) is 36.3 Å². The van der Waals surface area contributed by atoms with Gasteiger partial charge in [0.15, 0.2) is 29.2 Å². The van der Waals surface area contributed by atoms with Gasteiger partial charge >= 0.3 is 0 Å². The zero-order valence-electron chi connectivity index (χ0n) is 71.4. The summed E-state index contributed by atoms with van der Waals surface area (Å²) in [5.41, 5.74) is -0.0992. The predicted octanol–water partition coefficient (Wildman–Crippen LogP) is 18.2. The Kier molecular flexibility index (Phi) is 21.7. The number of aliphatic hydroxyl groups excluding tert-OH is 1. The Morgan fingerprint density at radius 2 is 0.858 bits per heavy atom. The summed E-state index contributed by atoms with van der Waals surface area (Å²) in [6, 6.07) is 8.37. The van der Waals surface area contributed by atoms with E-state index < -0.39 is 33.9 Å². The fourth-order valence-electron chi connectivity index (χ4n) is 31.7. The Balaban J connectivity index is 0.000000170. The van der Waals surface area contributed by atoms with E-state index in [4.69, 9.17) is 42.0 Å². The van der Waals surface area contributed by atoms with E-state index in [0.29, 0.717) is 75.6 Å². The van der Waals surface area contributed by atoms with E-state index in [2.05, 4.69) is 121 Å². The molecule has 4 saturated heterocycles. The first-order valence-corrected chi connectivity index (χ1v) is 50.5. The number of morpholine rings is 2. The van der Waals surface area contributed by atoms with Crippen molar-refractivity contribution < 1.29 is 57.3 Å². The van der Waals surface area contributed by atoms with E-state index in [1.807, 2.05) is 20.8 Å². The molecule has 0 aromatic rings. The van der Waals surface area contributed by atoms with Gasteiger partial charge in [0.2, 0.25) is 0 Å². The molecule has 608 valence electrons. The van der Waals surface area contributed by atoms with Gasteiger partial charge in [0.05, 0.1) is 73.2 Å². The molecule has 2 unspecified atom stereocenters. The number of aliphatic hydroxyl groups is 3. The van der Waals surface area contributed by atoms with Crippen molar-refractivity contribution in [1.82, 2.24) is 9.80 Å². The van der Waals surface area contributed by atoms with Gasteiger partial charge < -0.3 is 57.3 Å². The Bertz CT molecular complexity index is 3080. The fraction of sp³-hybridized carbons (Fsp3) is 1.00. The SMILES string of the molecule is CCO[C@@H]([C@H]1C[C@@H](C)[C@H]2[C@H](O1)[C@H](O[Si](CC)(CC)CC)[C@@]1(C)[C@@H]3CC[C@H]4C(C)(C)[C@@H](O[C@H]5CN(C6CCC6)CCO5)CCC45C[C@@]35CC[C@]21C)C(C)(C)O.CC[Si](CC)(CC)O[C@H]1[C@H]2O[C@@H]([C@H](O)C(C)(C)O)C[C@@H](C)[C@@H]2[C@@]2(C)CC[C@@]34CC35CC[C@H](O[C@H]3CN(C6CCC6)CCO3)C(C)(C)[C@@H]5CC[C@H]4[C@]12C. The molecule has 12 saturated carbocycles. The fourth-order valence-corrected chi connectivity index (χ4v) is 37.6. The molecule has 16 fully saturated rings. The van der Waals surface area contributed by atoms with Crippen molar-refractivity contribution >= 4 is 16.6 Å². The summed E-state index contributed by atoms with van der Waals surface area (Å²) < 4.78 is 63.7. The van der Waals surface area contributed by atoms with Crippen LogP contribution in [0.1, 0.15) is 287 Å². The van der Waals surface area contributed by atoms with E-state index >= 15 is 0 Å². The Hall–Kier alpha value is -0.126. The van der Waals surface area contributed by atoms with Gasteiger partial charge in [0.25, 0.3) is 0 Å². The molecule has 16 rings (SSSR count). The molecule has 3 N–H and O–H groups in total. The number of rotatable bonds is 22. The number of hydrogen-bond donors (Lipinski definition) is 3. The van der Waals surface area contributed by atoms with E-state index in [-0.39, 0.29) is 100 Å². The highest BCUT2D eigenvalue weighted by atomic mass is 28.4. The second-order valence-electron chi connectivity index (χ2n) is 43.4. The third kappa shape index (κ3) is 12.0. The van der Waals surface area contributed by atoms with Crippen molar-refractivity contribution in [2.45, 2.75) is 420 Å². The van der Waals surface area contributed by atoms with Crippen molar-refractivity contribution in [3.63, 3.8) is 0 Å². The molecule has 14 nitrogen and oxygen atoms in total.